The van der Waals surface area contributed by atoms with Crippen molar-refractivity contribution in [2.45, 2.75) is 12.5 Å². The zero-order valence-electron chi connectivity index (χ0n) is 12.6. The molecule has 2 heterocycles. The number of nitrogens with zero attached hydrogens (tertiary/aromatic N) is 4. The smallest absolute Gasteiger partial charge is 0.0793 e. The van der Waals surface area contributed by atoms with E-state index in [1.807, 2.05) is 0 Å². The van der Waals surface area contributed by atoms with Crippen molar-refractivity contribution < 1.29 is 5.11 Å². The lowest BCUT2D eigenvalue weighted by atomic mass is 10.2. The van der Waals surface area contributed by atoms with Crippen LogP contribution in [0.15, 0.2) is 0 Å². The zero-order chi connectivity index (χ0) is 13.7. The summed E-state index contributed by atoms with van der Waals surface area (Å²) in [5.41, 5.74) is 0. The minimum Gasteiger partial charge on any atom is -0.390 e. The first kappa shape index (κ1) is 15.2. The molecular weight excluding hydrogens is 240 g/mol. The van der Waals surface area contributed by atoms with Crippen molar-refractivity contribution >= 4 is 0 Å². The summed E-state index contributed by atoms with van der Waals surface area (Å²) in [5.74, 6) is 0. The van der Waals surface area contributed by atoms with Gasteiger partial charge in [-0.05, 0) is 33.6 Å². The third kappa shape index (κ3) is 5.36. The Balaban J connectivity index is 2.00. The summed E-state index contributed by atoms with van der Waals surface area (Å²) in [7, 11) is 4.33. The number of likely N-dealkylation sites (N-methyl/N-ethyl adjacent to an activating group) is 2. The van der Waals surface area contributed by atoms with E-state index in [0.717, 1.165) is 52.4 Å². The highest BCUT2D eigenvalue weighted by molar-refractivity contribution is 4.75. The fraction of sp³-hybridized carbons (Fsp3) is 1.00. The lowest BCUT2D eigenvalue weighted by molar-refractivity contribution is 0.0545. The first-order valence-corrected chi connectivity index (χ1v) is 7.63. The van der Waals surface area contributed by atoms with Crippen molar-refractivity contribution in [3.05, 3.63) is 0 Å². The van der Waals surface area contributed by atoms with Gasteiger partial charge in [0, 0.05) is 52.4 Å². The average molecular weight is 270 g/mol. The van der Waals surface area contributed by atoms with Gasteiger partial charge in [0.15, 0.2) is 0 Å². The molecule has 0 aliphatic carbocycles. The van der Waals surface area contributed by atoms with Crippen molar-refractivity contribution in [2.75, 3.05) is 79.5 Å². The molecule has 112 valence electrons. The highest BCUT2D eigenvalue weighted by atomic mass is 16.3. The van der Waals surface area contributed by atoms with Crippen molar-refractivity contribution in [3.63, 3.8) is 0 Å². The van der Waals surface area contributed by atoms with Crippen LogP contribution in [0.1, 0.15) is 6.42 Å². The van der Waals surface area contributed by atoms with Crippen LogP contribution >= 0.6 is 0 Å². The maximum atomic E-state index is 10.2. The second-order valence-corrected chi connectivity index (χ2v) is 6.22. The summed E-state index contributed by atoms with van der Waals surface area (Å²) in [5, 5.41) is 10.2. The summed E-state index contributed by atoms with van der Waals surface area (Å²) in [6.07, 6.45) is 1.05. The normalized spacial score (nSPS) is 37.1. The van der Waals surface area contributed by atoms with E-state index in [2.05, 4.69) is 33.7 Å². The molecule has 5 heteroatoms. The molecule has 1 N–H and O–H groups in total. The van der Waals surface area contributed by atoms with E-state index in [4.69, 9.17) is 0 Å². The molecule has 2 saturated heterocycles. The average Bonchev–Trinajstić information content (AvgIpc) is 2.37. The van der Waals surface area contributed by atoms with Crippen LogP contribution in [0.4, 0.5) is 0 Å². The van der Waals surface area contributed by atoms with Crippen LogP contribution in [-0.4, -0.2) is 110 Å². The van der Waals surface area contributed by atoms with Crippen LogP contribution < -0.4 is 0 Å². The fourth-order valence-corrected chi connectivity index (χ4v) is 3.02. The second-order valence-electron chi connectivity index (χ2n) is 6.22. The van der Waals surface area contributed by atoms with Crippen molar-refractivity contribution in [1.82, 2.24) is 19.6 Å². The van der Waals surface area contributed by atoms with Gasteiger partial charge >= 0.3 is 0 Å². The third-order valence-corrected chi connectivity index (χ3v) is 4.33. The van der Waals surface area contributed by atoms with Crippen LogP contribution in [0.5, 0.6) is 0 Å². The molecule has 0 radical (unpaired) electrons. The van der Waals surface area contributed by atoms with Crippen LogP contribution in [0.25, 0.3) is 0 Å². The number of aliphatic hydroxyl groups is 1. The molecule has 0 saturated carbocycles. The Morgan fingerprint density at radius 3 is 2.16 bits per heavy atom. The topological polar surface area (TPSA) is 33.2 Å². The second kappa shape index (κ2) is 7.55. The summed E-state index contributed by atoms with van der Waals surface area (Å²) >= 11 is 0. The van der Waals surface area contributed by atoms with E-state index < -0.39 is 0 Å². The van der Waals surface area contributed by atoms with Gasteiger partial charge in [-0.1, -0.05) is 0 Å². The molecule has 0 aromatic carbocycles. The van der Waals surface area contributed by atoms with Gasteiger partial charge < -0.3 is 19.8 Å². The van der Waals surface area contributed by atoms with Crippen molar-refractivity contribution in [3.8, 4) is 0 Å². The van der Waals surface area contributed by atoms with Crippen molar-refractivity contribution in [1.29, 1.82) is 0 Å². The first-order chi connectivity index (χ1) is 9.13. The molecule has 2 aliphatic rings. The molecule has 2 rings (SSSR count). The maximum absolute atomic E-state index is 10.2. The first-order valence-electron chi connectivity index (χ1n) is 7.63. The molecule has 0 aromatic rings. The molecule has 2 aliphatic heterocycles. The molecule has 19 heavy (non-hydrogen) atoms. The van der Waals surface area contributed by atoms with E-state index in [1.54, 1.807) is 0 Å². The molecule has 3 atom stereocenters. The summed E-state index contributed by atoms with van der Waals surface area (Å²) in [4.78, 5) is 9.69. The maximum Gasteiger partial charge on any atom is 0.0793 e. The number of rotatable bonds is 0. The number of β-amino-alcohol motifs (C(OH)–C–C–N with tert-alkyl or cyclic N) is 1. The summed E-state index contributed by atoms with van der Waals surface area (Å²) in [6.45, 7) is 10.6. The lowest BCUT2D eigenvalue weighted by Crippen LogP contribution is -2.49. The monoisotopic (exact) mass is 270 g/mol. The Kier molecular flexibility index (Phi) is 6.04. The number of aliphatic hydroxyl groups excluding tert-OH is 1. The minimum absolute atomic E-state index is 0.218. The quantitative estimate of drug-likeness (QED) is 0.625. The van der Waals surface area contributed by atoms with Gasteiger partial charge in [-0.15, -0.1) is 0 Å². The van der Waals surface area contributed by atoms with Gasteiger partial charge in [0.1, 0.15) is 0 Å². The lowest BCUT2D eigenvalue weighted by Gasteiger charge is -2.35. The number of hydrogen-bond donors (Lipinski definition) is 1. The van der Waals surface area contributed by atoms with E-state index >= 15 is 0 Å². The summed E-state index contributed by atoms with van der Waals surface area (Å²) in [6, 6.07) is 0. The molecule has 3 unspecified atom stereocenters. The highest BCUT2D eigenvalue weighted by Gasteiger charge is 2.19. The Morgan fingerprint density at radius 2 is 1.32 bits per heavy atom. The minimum atomic E-state index is -0.218. The Hall–Kier alpha value is -0.200. The molecule has 0 amide bonds. The van der Waals surface area contributed by atoms with Gasteiger partial charge in [0.25, 0.3) is 0 Å². The standard InChI is InChI=1S/C14H30N4O/c1-15-4-3-5-17-8-7-16(2)12-14(19)13-18(9-6-15)11-10-17/h14,19H,3-13H2,1-2H3. The zero-order valence-corrected chi connectivity index (χ0v) is 12.6. The predicted octanol–water partition coefficient (Wildman–Crippen LogP) is -0.768. The van der Waals surface area contributed by atoms with E-state index in [0.29, 0.717) is 0 Å². The van der Waals surface area contributed by atoms with Crippen LogP contribution in [0.2, 0.25) is 0 Å². The molecule has 2 bridgehead atoms. The predicted molar refractivity (Wildman–Crippen MR) is 78.5 cm³/mol. The molecular formula is C14H30N4O. The van der Waals surface area contributed by atoms with E-state index in [1.165, 1.54) is 19.5 Å². The molecule has 2 fully saturated rings. The van der Waals surface area contributed by atoms with Gasteiger partial charge in [-0.2, -0.15) is 0 Å². The fourth-order valence-electron chi connectivity index (χ4n) is 3.02. The SMILES string of the molecule is CN1CCCN2CCN(C)CC(O)CN(CC1)CC2. The highest BCUT2D eigenvalue weighted by Crippen LogP contribution is 2.04. The summed E-state index contributed by atoms with van der Waals surface area (Å²) < 4.78 is 0. The van der Waals surface area contributed by atoms with Gasteiger partial charge in [0.05, 0.1) is 6.10 Å². The number of fused-ring (bicyclic) bond motifs is 3. The number of hydrogen-bond acceptors (Lipinski definition) is 5. The van der Waals surface area contributed by atoms with Gasteiger partial charge in [0.2, 0.25) is 0 Å². The van der Waals surface area contributed by atoms with Crippen LogP contribution in [-0.2, 0) is 0 Å². The van der Waals surface area contributed by atoms with E-state index in [9.17, 15) is 5.11 Å². The van der Waals surface area contributed by atoms with Gasteiger partial charge in [-0.25, -0.2) is 0 Å². The molecule has 0 aromatic heterocycles. The van der Waals surface area contributed by atoms with Gasteiger partial charge in [-0.3, -0.25) is 4.90 Å². The Labute approximate surface area is 117 Å². The van der Waals surface area contributed by atoms with Crippen LogP contribution in [0, 0.1) is 0 Å². The molecule has 5 nitrogen and oxygen atoms in total. The van der Waals surface area contributed by atoms with Crippen LogP contribution in [0.3, 0.4) is 0 Å². The Bertz CT molecular complexity index is 264. The van der Waals surface area contributed by atoms with E-state index in [-0.39, 0.29) is 6.10 Å². The molecule has 0 spiro atoms. The Morgan fingerprint density at radius 1 is 0.684 bits per heavy atom. The third-order valence-electron chi connectivity index (χ3n) is 4.33. The largest absolute Gasteiger partial charge is 0.390 e. The van der Waals surface area contributed by atoms with Crippen molar-refractivity contribution in [2.24, 2.45) is 0 Å².